The lowest BCUT2D eigenvalue weighted by Gasteiger charge is -2.26. The van der Waals surface area contributed by atoms with E-state index in [0.717, 1.165) is 12.0 Å². The van der Waals surface area contributed by atoms with Gasteiger partial charge < -0.3 is 17.7 Å². The van der Waals surface area contributed by atoms with E-state index in [2.05, 4.69) is 22.0 Å². The molecule has 0 fully saturated rings. The van der Waals surface area contributed by atoms with Gasteiger partial charge in [-0.15, -0.1) is 0 Å². The van der Waals surface area contributed by atoms with Crippen molar-refractivity contribution >= 4 is 38.5 Å². The molecule has 0 radical (unpaired) electrons. The molecular formula is C16H25Cl2N5O3S. The maximum Gasteiger partial charge on any atom is 0.338 e. The van der Waals surface area contributed by atoms with E-state index >= 15 is 0 Å². The van der Waals surface area contributed by atoms with Crippen molar-refractivity contribution < 1.29 is 30.6 Å². The van der Waals surface area contributed by atoms with E-state index in [4.69, 9.17) is 23.1 Å². The van der Waals surface area contributed by atoms with Gasteiger partial charge in [0.1, 0.15) is 4.90 Å². The minimum atomic E-state index is -3.91. The Hall–Kier alpha value is -1.55. The molecule has 8 nitrogen and oxygen atoms in total. The topological polar surface area (TPSA) is 141 Å². The molecule has 1 aromatic carbocycles. The first-order valence-corrected chi connectivity index (χ1v) is 10.3. The number of nitrogens with two attached hydrogens (primary N) is 2. The van der Waals surface area contributed by atoms with E-state index in [1.54, 1.807) is 6.07 Å². The minimum absolute atomic E-state index is 0. The van der Waals surface area contributed by atoms with Crippen LogP contribution in [0, 0.1) is 5.92 Å². The van der Waals surface area contributed by atoms with Gasteiger partial charge in [-0.1, -0.05) is 19.1 Å². The summed E-state index contributed by atoms with van der Waals surface area (Å²) in [6.45, 7) is 3.20. The maximum atomic E-state index is 12.8. The summed E-state index contributed by atoms with van der Waals surface area (Å²) in [6, 6.07) is 4.10. The lowest BCUT2D eigenvalue weighted by Crippen LogP contribution is -3.00. The van der Waals surface area contributed by atoms with Crippen molar-refractivity contribution in [3.63, 3.8) is 0 Å². The standard InChI is InChI=1S/C16H24ClN5O3S.ClH/c1-10-8-11-4-2-6-13(14(11)21-9-10)26(24,25)22-12(15(17)23)5-3-7-20-16(18)19;/h2,4,6,10,12,21-22H,3,5,7-9H2,1H3,(H4,18,19,20);1H/t10?,12-;/m0./s1. The maximum absolute atomic E-state index is 12.8. The zero-order valence-electron chi connectivity index (χ0n) is 15.0. The molecule has 27 heavy (non-hydrogen) atoms. The van der Waals surface area contributed by atoms with Crippen molar-refractivity contribution in [2.45, 2.75) is 37.1 Å². The molecule has 0 aliphatic carbocycles. The van der Waals surface area contributed by atoms with Gasteiger partial charge in [-0.2, -0.15) is 4.72 Å². The number of para-hydroxylation sites is 1. The van der Waals surface area contributed by atoms with Gasteiger partial charge in [0.05, 0.1) is 18.3 Å². The lowest BCUT2D eigenvalue weighted by molar-refractivity contribution is -0.459. The van der Waals surface area contributed by atoms with Gasteiger partial charge in [0.25, 0.3) is 0 Å². The normalized spacial score (nSPS) is 17.0. The van der Waals surface area contributed by atoms with Crippen molar-refractivity contribution in [2.75, 3.05) is 18.4 Å². The molecule has 0 saturated carbocycles. The van der Waals surface area contributed by atoms with Gasteiger partial charge in [0, 0.05) is 6.54 Å². The van der Waals surface area contributed by atoms with E-state index in [1.807, 2.05) is 6.07 Å². The Kier molecular flexibility index (Phi) is 8.80. The van der Waals surface area contributed by atoms with Gasteiger partial charge in [-0.3, -0.25) is 21.3 Å². The zero-order valence-corrected chi connectivity index (χ0v) is 17.3. The van der Waals surface area contributed by atoms with Crippen LogP contribution in [0.15, 0.2) is 23.1 Å². The molecule has 2 atom stereocenters. The van der Waals surface area contributed by atoms with E-state index in [9.17, 15) is 13.2 Å². The molecule has 0 amide bonds. The highest BCUT2D eigenvalue weighted by Gasteiger charge is 2.28. The average Bonchev–Trinajstić information content (AvgIpc) is 2.56. The molecule has 7 N–H and O–H groups in total. The third-order valence-electron chi connectivity index (χ3n) is 4.17. The minimum Gasteiger partial charge on any atom is -1.00 e. The number of guanidine groups is 1. The number of hydrogen-bond donors (Lipinski definition) is 5. The quantitative estimate of drug-likeness (QED) is 0.121. The first kappa shape index (κ1) is 23.5. The Labute approximate surface area is 170 Å². The highest BCUT2D eigenvalue weighted by Crippen LogP contribution is 2.31. The van der Waals surface area contributed by atoms with Crippen LogP contribution in [0.3, 0.4) is 0 Å². The fourth-order valence-corrected chi connectivity index (χ4v) is 4.59. The van der Waals surface area contributed by atoms with E-state index < -0.39 is 21.3 Å². The van der Waals surface area contributed by atoms with Crippen LogP contribution < -0.4 is 38.9 Å². The lowest BCUT2D eigenvalue weighted by atomic mass is 9.96. The molecule has 1 unspecified atom stereocenters. The SMILES string of the molecule is CC1CNc2c(cccc2S(=O)(=O)N[C@@H](CCC[NH+]=C(N)N)C(=O)Cl)C1.[Cl-]. The Morgan fingerprint density at radius 1 is 1.44 bits per heavy atom. The number of rotatable bonds is 8. The fraction of sp³-hybridized carbons (Fsp3) is 0.500. The van der Waals surface area contributed by atoms with Crippen LogP contribution in [0.25, 0.3) is 0 Å². The van der Waals surface area contributed by atoms with E-state index in [-0.39, 0.29) is 29.7 Å². The third kappa shape index (κ3) is 6.53. The highest BCUT2D eigenvalue weighted by atomic mass is 35.5. The van der Waals surface area contributed by atoms with Gasteiger partial charge in [-0.25, -0.2) is 8.42 Å². The summed E-state index contributed by atoms with van der Waals surface area (Å²) < 4.78 is 28.1. The van der Waals surface area contributed by atoms with Crippen molar-refractivity contribution in [3.05, 3.63) is 23.8 Å². The van der Waals surface area contributed by atoms with Gasteiger partial charge in [0.15, 0.2) is 0 Å². The number of halogens is 2. The molecule has 0 saturated heterocycles. The van der Waals surface area contributed by atoms with Crippen molar-refractivity contribution in [1.29, 1.82) is 0 Å². The highest BCUT2D eigenvalue weighted by molar-refractivity contribution is 7.89. The second-order valence-corrected chi connectivity index (χ2v) is 8.54. The predicted octanol–water partition coefficient (Wildman–Crippen LogP) is -4.16. The number of hydrogen-bond acceptors (Lipinski definition) is 4. The molecule has 1 aliphatic rings. The van der Waals surface area contributed by atoms with E-state index in [0.29, 0.717) is 31.1 Å². The molecule has 152 valence electrons. The summed E-state index contributed by atoms with van der Waals surface area (Å²) in [7, 11) is -3.91. The number of fused-ring (bicyclic) bond motifs is 1. The number of carbonyl (C=O) groups excluding carboxylic acids is 1. The summed E-state index contributed by atoms with van der Waals surface area (Å²) in [4.78, 5) is 14.5. The van der Waals surface area contributed by atoms with Crippen LogP contribution in [0.1, 0.15) is 25.3 Å². The van der Waals surface area contributed by atoms with Crippen molar-refractivity contribution in [3.8, 4) is 0 Å². The summed E-state index contributed by atoms with van der Waals surface area (Å²) in [5, 5.41) is 2.42. The number of carbonyl (C=O) groups is 1. The number of anilines is 1. The van der Waals surface area contributed by atoms with Crippen LogP contribution in [0.2, 0.25) is 0 Å². The van der Waals surface area contributed by atoms with Crippen LogP contribution in [-0.2, 0) is 21.2 Å². The molecular weight excluding hydrogens is 413 g/mol. The molecule has 11 heteroatoms. The number of sulfonamides is 1. The van der Waals surface area contributed by atoms with Crippen molar-refractivity contribution in [1.82, 2.24) is 4.72 Å². The fourth-order valence-electron chi connectivity index (χ4n) is 2.90. The molecule has 0 bridgehead atoms. The Balaban J connectivity index is 0.00000364. The van der Waals surface area contributed by atoms with Crippen LogP contribution in [-0.4, -0.2) is 38.8 Å². The second-order valence-electron chi connectivity index (χ2n) is 6.48. The van der Waals surface area contributed by atoms with Gasteiger partial charge >= 0.3 is 5.96 Å². The first-order chi connectivity index (χ1) is 12.2. The molecule has 1 aromatic rings. The first-order valence-electron chi connectivity index (χ1n) is 8.40. The number of nitrogens with one attached hydrogen (secondary N) is 3. The molecule has 0 spiro atoms. The van der Waals surface area contributed by atoms with Crippen LogP contribution in [0.4, 0.5) is 5.69 Å². The Morgan fingerprint density at radius 3 is 2.78 bits per heavy atom. The van der Waals surface area contributed by atoms with Crippen LogP contribution >= 0.6 is 11.6 Å². The predicted molar refractivity (Wildman–Crippen MR) is 101 cm³/mol. The Morgan fingerprint density at radius 2 is 2.15 bits per heavy atom. The summed E-state index contributed by atoms with van der Waals surface area (Å²) >= 11 is 5.58. The van der Waals surface area contributed by atoms with Crippen LogP contribution in [0.5, 0.6) is 0 Å². The Bertz CT molecular complexity index is 797. The zero-order chi connectivity index (χ0) is 19.3. The summed E-state index contributed by atoms with van der Waals surface area (Å²) in [5.74, 6) is 0.486. The summed E-state index contributed by atoms with van der Waals surface area (Å²) in [6.07, 6.45) is 1.49. The molecule has 1 aliphatic heterocycles. The van der Waals surface area contributed by atoms with Crippen molar-refractivity contribution in [2.24, 2.45) is 17.4 Å². The number of benzene rings is 1. The molecule has 2 rings (SSSR count). The summed E-state index contributed by atoms with van der Waals surface area (Å²) in [5.41, 5.74) is 12.1. The third-order valence-corrected chi connectivity index (χ3v) is 5.95. The monoisotopic (exact) mass is 437 g/mol. The molecule has 0 aromatic heterocycles. The van der Waals surface area contributed by atoms with Gasteiger partial charge in [-0.05, 0) is 48.4 Å². The van der Waals surface area contributed by atoms with Gasteiger partial charge in [0.2, 0.25) is 15.3 Å². The average molecular weight is 438 g/mol. The molecule has 1 heterocycles. The smallest absolute Gasteiger partial charge is 0.338 e. The van der Waals surface area contributed by atoms with E-state index in [1.165, 1.54) is 6.07 Å². The largest absolute Gasteiger partial charge is 1.00 e. The second kappa shape index (κ2) is 10.1.